The van der Waals surface area contributed by atoms with Crippen LogP contribution in [0.25, 0.3) is 0 Å². The number of carbonyl (C=O) groups is 1. The number of halogens is 2. The normalized spacial score (nSPS) is 15.6. The Morgan fingerprint density at radius 3 is 2.48 bits per heavy atom. The third-order valence-electron chi connectivity index (χ3n) is 4.27. The number of ether oxygens (including phenoxy) is 1. The molecule has 0 aromatic heterocycles. The van der Waals surface area contributed by atoms with Gasteiger partial charge in [-0.05, 0) is 25.5 Å². The van der Waals surface area contributed by atoms with Crippen LogP contribution in [0.5, 0.6) is 0 Å². The second-order valence-corrected chi connectivity index (χ2v) is 6.16. The Balaban J connectivity index is 0.00000288. The molecule has 1 amide bonds. The van der Waals surface area contributed by atoms with Crippen LogP contribution in [-0.4, -0.2) is 61.1 Å². The first kappa shape index (κ1) is 24.1. The fraction of sp³-hybridized carbons (Fsp3) is 0.611. The largest absolute Gasteiger partial charge is 0.379 e. The van der Waals surface area contributed by atoms with Crippen LogP contribution >= 0.6 is 24.8 Å². The van der Waals surface area contributed by atoms with E-state index in [-0.39, 0.29) is 36.8 Å². The van der Waals surface area contributed by atoms with Crippen LogP contribution in [0.3, 0.4) is 0 Å². The Labute approximate surface area is 163 Å². The van der Waals surface area contributed by atoms with Gasteiger partial charge >= 0.3 is 0 Å². The van der Waals surface area contributed by atoms with Crippen molar-refractivity contribution in [2.75, 3.05) is 39.4 Å². The first-order valence-electron chi connectivity index (χ1n) is 8.54. The van der Waals surface area contributed by atoms with E-state index in [1.165, 1.54) is 5.56 Å². The zero-order valence-corrected chi connectivity index (χ0v) is 16.6. The molecule has 0 radical (unpaired) electrons. The molecular weight excluding hydrogens is 361 g/mol. The van der Waals surface area contributed by atoms with E-state index in [1.807, 2.05) is 23.1 Å². The van der Waals surface area contributed by atoms with Crippen LogP contribution in [-0.2, 0) is 16.1 Å². The van der Waals surface area contributed by atoms with Crippen molar-refractivity contribution in [1.29, 1.82) is 0 Å². The molecule has 1 fully saturated rings. The highest BCUT2D eigenvalue weighted by atomic mass is 35.5. The number of carbonyl (C=O) groups excluding carboxylic acids is 1. The van der Waals surface area contributed by atoms with Crippen LogP contribution in [0.4, 0.5) is 0 Å². The van der Waals surface area contributed by atoms with E-state index in [1.54, 1.807) is 0 Å². The standard InChI is InChI=1S/C18H29N3O2.2ClH/c1-16(14-20-10-12-23-13-11-20)21(18(22)8-5-9-19)15-17-6-3-2-4-7-17;;/h2-4,6-7,16H,5,8-15,19H2,1H3;2*1H. The van der Waals surface area contributed by atoms with Gasteiger partial charge in [0, 0.05) is 38.6 Å². The molecule has 1 unspecified atom stereocenters. The monoisotopic (exact) mass is 391 g/mol. The van der Waals surface area contributed by atoms with Crippen LogP contribution in [0.1, 0.15) is 25.3 Å². The highest BCUT2D eigenvalue weighted by molar-refractivity contribution is 5.85. The van der Waals surface area contributed by atoms with Gasteiger partial charge < -0.3 is 15.4 Å². The number of amides is 1. The van der Waals surface area contributed by atoms with Crippen LogP contribution in [0.2, 0.25) is 0 Å². The van der Waals surface area contributed by atoms with Gasteiger partial charge in [-0.1, -0.05) is 30.3 Å². The minimum Gasteiger partial charge on any atom is -0.379 e. The third kappa shape index (κ3) is 8.38. The molecule has 1 aliphatic rings. The third-order valence-corrected chi connectivity index (χ3v) is 4.27. The molecule has 0 saturated carbocycles. The minimum absolute atomic E-state index is 0. The topological polar surface area (TPSA) is 58.8 Å². The van der Waals surface area contributed by atoms with Gasteiger partial charge in [0.15, 0.2) is 0 Å². The van der Waals surface area contributed by atoms with Gasteiger partial charge in [-0.2, -0.15) is 0 Å². The molecule has 1 aliphatic heterocycles. The molecule has 144 valence electrons. The number of benzene rings is 1. The van der Waals surface area contributed by atoms with Gasteiger partial charge in [0.25, 0.3) is 0 Å². The summed E-state index contributed by atoms with van der Waals surface area (Å²) in [5, 5.41) is 0. The Kier molecular flexibility index (Phi) is 12.9. The zero-order chi connectivity index (χ0) is 16.5. The van der Waals surface area contributed by atoms with Gasteiger partial charge in [0.2, 0.25) is 5.91 Å². The molecular formula is C18H31Cl2N3O2. The van der Waals surface area contributed by atoms with Crippen molar-refractivity contribution in [1.82, 2.24) is 9.80 Å². The minimum atomic E-state index is 0. The quantitative estimate of drug-likeness (QED) is 0.738. The van der Waals surface area contributed by atoms with E-state index in [9.17, 15) is 4.79 Å². The SMILES string of the molecule is CC(CN1CCOCC1)N(Cc1ccccc1)C(=O)CCCN.Cl.Cl. The van der Waals surface area contributed by atoms with Gasteiger partial charge in [0.05, 0.1) is 13.2 Å². The molecule has 0 spiro atoms. The van der Waals surface area contributed by atoms with Gasteiger partial charge in [-0.15, -0.1) is 24.8 Å². The maximum Gasteiger partial charge on any atom is 0.223 e. The second-order valence-electron chi connectivity index (χ2n) is 6.16. The second kappa shape index (κ2) is 13.4. The van der Waals surface area contributed by atoms with Crippen LogP contribution in [0, 0.1) is 0 Å². The first-order chi connectivity index (χ1) is 11.2. The van der Waals surface area contributed by atoms with Crippen molar-refractivity contribution < 1.29 is 9.53 Å². The predicted molar refractivity (Wildman–Crippen MR) is 106 cm³/mol. The number of rotatable bonds is 8. The number of nitrogens with two attached hydrogens (primary N) is 1. The summed E-state index contributed by atoms with van der Waals surface area (Å²) in [5.74, 6) is 0.195. The average Bonchev–Trinajstić information content (AvgIpc) is 2.59. The Morgan fingerprint density at radius 1 is 1.24 bits per heavy atom. The van der Waals surface area contributed by atoms with Crippen LogP contribution < -0.4 is 5.73 Å². The maximum absolute atomic E-state index is 12.6. The number of nitrogens with zero attached hydrogens (tertiary/aromatic N) is 2. The van der Waals surface area contributed by atoms with E-state index in [0.29, 0.717) is 19.5 Å². The molecule has 25 heavy (non-hydrogen) atoms. The molecule has 0 aliphatic carbocycles. The summed E-state index contributed by atoms with van der Waals surface area (Å²) in [6.45, 7) is 7.71. The highest BCUT2D eigenvalue weighted by Gasteiger charge is 2.23. The molecule has 1 atom stereocenters. The van der Waals surface area contributed by atoms with Crippen molar-refractivity contribution in [3.8, 4) is 0 Å². The molecule has 5 nitrogen and oxygen atoms in total. The summed E-state index contributed by atoms with van der Waals surface area (Å²) < 4.78 is 5.40. The predicted octanol–water partition coefficient (Wildman–Crippen LogP) is 2.32. The maximum atomic E-state index is 12.6. The number of morpholine rings is 1. The molecule has 1 aromatic rings. The van der Waals surface area contributed by atoms with Crippen LogP contribution in [0.15, 0.2) is 30.3 Å². The van der Waals surface area contributed by atoms with Crippen molar-refractivity contribution in [3.05, 3.63) is 35.9 Å². The fourth-order valence-corrected chi connectivity index (χ4v) is 2.92. The number of hydrogen-bond acceptors (Lipinski definition) is 4. The smallest absolute Gasteiger partial charge is 0.223 e. The molecule has 0 bridgehead atoms. The highest BCUT2D eigenvalue weighted by Crippen LogP contribution is 2.13. The lowest BCUT2D eigenvalue weighted by Crippen LogP contribution is -2.48. The van der Waals surface area contributed by atoms with Crippen molar-refractivity contribution in [2.24, 2.45) is 5.73 Å². The van der Waals surface area contributed by atoms with Gasteiger partial charge in [-0.3, -0.25) is 9.69 Å². The lowest BCUT2D eigenvalue weighted by atomic mass is 10.1. The summed E-state index contributed by atoms with van der Waals surface area (Å²) in [4.78, 5) is 17.0. The van der Waals surface area contributed by atoms with E-state index >= 15 is 0 Å². The molecule has 1 heterocycles. The molecule has 1 saturated heterocycles. The molecule has 7 heteroatoms. The fourth-order valence-electron chi connectivity index (χ4n) is 2.92. The van der Waals surface area contributed by atoms with E-state index < -0.39 is 0 Å². The summed E-state index contributed by atoms with van der Waals surface area (Å²) >= 11 is 0. The van der Waals surface area contributed by atoms with Crippen molar-refractivity contribution in [2.45, 2.75) is 32.4 Å². The van der Waals surface area contributed by atoms with E-state index in [4.69, 9.17) is 10.5 Å². The Morgan fingerprint density at radius 2 is 1.88 bits per heavy atom. The van der Waals surface area contributed by atoms with Crippen molar-refractivity contribution in [3.63, 3.8) is 0 Å². The first-order valence-corrected chi connectivity index (χ1v) is 8.54. The lowest BCUT2D eigenvalue weighted by Gasteiger charge is -2.35. The Hall–Kier alpha value is -0.850. The lowest BCUT2D eigenvalue weighted by molar-refractivity contribution is -0.134. The van der Waals surface area contributed by atoms with Gasteiger partial charge in [-0.25, -0.2) is 0 Å². The molecule has 2 N–H and O–H groups in total. The summed E-state index contributed by atoms with van der Waals surface area (Å²) in [6, 6.07) is 10.4. The van der Waals surface area contributed by atoms with E-state index in [2.05, 4.69) is 24.0 Å². The Bertz CT molecular complexity index is 471. The molecule has 1 aromatic carbocycles. The summed E-state index contributed by atoms with van der Waals surface area (Å²) in [7, 11) is 0. The van der Waals surface area contributed by atoms with Crippen molar-refractivity contribution >= 4 is 30.7 Å². The summed E-state index contributed by atoms with van der Waals surface area (Å²) in [5.41, 5.74) is 6.73. The summed E-state index contributed by atoms with van der Waals surface area (Å²) in [6.07, 6.45) is 1.27. The van der Waals surface area contributed by atoms with Gasteiger partial charge in [0.1, 0.15) is 0 Å². The van der Waals surface area contributed by atoms with E-state index in [0.717, 1.165) is 39.3 Å². The number of hydrogen-bond donors (Lipinski definition) is 1. The zero-order valence-electron chi connectivity index (χ0n) is 14.9. The molecule has 2 rings (SSSR count). The average molecular weight is 392 g/mol.